The SMILES string of the molecule is O=C1CCOCC1CN1CCSCC1. The second-order valence-electron chi connectivity index (χ2n) is 3.90. The molecule has 0 aromatic rings. The molecule has 0 aromatic heterocycles. The van der Waals surface area contributed by atoms with Crippen LogP contribution in [0.2, 0.25) is 0 Å². The van der Waals surface area contributed by atoms with Gasteiger partial charge in [0.25, 0.3) is 0 Å². The Morgan fingerprint density at radius 2 is 2.21 bits per heavy atom. The molecule has 0 N–H and O–H groups in total. The lowest BCUT2D eigenvalue weighted by atomic mass is 10.00. The second-order valence-corrected chi connectivity index (χ2v) is 5.13. The minimum atomic E-state index is 0.145. The highest BCUT2D eigenvalue weighted by molar-refractivity contribution is 7.99. The Balaban J connectivity index is 1.79. The van der Waals surface area contributed by atoms with Crippen molar-refractivity contribution in [2.45, 2.75) is 6.42 Å². The van der Waals surface area contributed by atoms with Crippen molar-refractivity contribution in [3.05, 3.63) is 0 Å². The minimum absolute atomic E-state index is 0.145. The van der Waals surface area contributed by atoms with Gasteiger partial charge < -0.3 is 9.64 Å². The van der Waals surface area contributed by atoms with Crippen molar-refractivity contribution >= 4 is 17.5 Å². The molecule has 4 heteroatoms. The number of thioether (sulfide) groups is 1. The van der Waals surface area contributed by atoms with Crippen LogP contribution in [0.5, 0.6) is 0 Å². The van der Waals surface area contributed by atoms with E-state index in [0.717, 1.165) is 19.6 Å². The molecule has 0 spiro atoms. The van der Waals surface area contributed by atoms with Gasteiger partial charge in [-0.25, -0.2) is 0 Å². The van der Waals surface area contributed by atoms with Crippen molar-refractivity contribution in [3.63, 3.8) is 0 Å². The Kier molecular flexibility index (Phi) is 3.84. The summed E-state index contributed by atoms with van der Waals surface area (Å²) >= 11 is 2.00. The van der Waals surface area contributed by atoms with Crippen LogP contribution in [-0.2, 0) is 9.53 Å². The van der Waals surface area contributed by atoms with Crippen molar-refractivity contribution in [3.8, 4) is 0 Å². The van der Waals surface area contributed by atoms with Crippen LogP contribution >= 0.6 is 11.8 Å². The van der Waals surface area contributed by atoms with Gasteiger partial charge in [-0.1, -0.05) is 0 Å². The molecule has 2 aliphatic heterocycles. The van der Waals surface area contributed by atoms with Crippen molar-refractivity contribution in [2.24, 2.45) is 5.92 Å². The first-order valence-corrected chi connectivity index (χ1v) is 6.42. The van der Waals surface area contributed by atoms with Gasteiger partial charge in [-0.2, -0.15) is 11.8 Å². The van der Waals surface area contributed by atoms with Crippen LogP contribution < -0.4 is 0 Å². The zero-order chi connectivity index (χ0) is 9.80. The summed E-state index contributed by atoms with van der Waals surface area (Å²) in [5, 5.41) is 0. The number of rotatable bonds is 2. The van der Waals surface area contributed by atoms with E-state index >= 15 is 0 Å². The molecule has 1 atom stereocenters. The molecule has 0 aromatic carbocycles. The largest absolute Gasteiger partial charge is 0.380 e. The number of ketones is 1. The van der Waals surface area contributed by atoms with E-state index in [4.69, 9.17) is 4.74 Å². The smallest absolute Gasteiger partial charge is 0.141 e. The van der Waals surface area contributed by atoms with E-state index in [2.05, 4.69) is 4.90 Å². The van der Waals surface area contributed by atoms with Gasteiger partial charge in [0, 0.05) is 37.6 Å². The summed E-state index contributed by atoms with van der Waals surface area (Å²) in [6.07, 6.45) is 0.618. The first-order chi connectivity index (χ1) is 6.86. The van der Waals surface area contributed by atoms with Crippen LogP contribution in [0, 0.1) is 5.92 Å². The minimum Gasteiger partial charge on any atom is -0.380 e. The molecule has 2 heterocycles. The molecule has 0 bridgehead atoms. The average Bonchev–Trinajstić information content (AvgIpc) is 2.23. The van der Waals surface area contributed by atoms with E-state index in [-0.39, 0.29) is 5.92 Å². The lowest BCUT2D eigenvalue weighted by Crippen LogP contribution is -2.42. The monoisotopic (exact) mass is 215 g/mol. The number of nitrogens with zero attached hydrogens (tertiary/aromatic N) is 1. The quantitative estimate of drug-likeness (QED) is 0.676. The van der Waals surface area contributed by atoms with Crippen molar-refractivity contribution in [1.82, 2.24) is 4.90 Å². The molecule has 2 fully saturated rings. The lowest BCUT2D eigenvalue weighted by molar-refractivity contribution is -0.131. The van der Waals surface area contributed by atoms with E-state index < -0.39 is 0 Å². The van der Waals surface area contributed by atoms with Crippen molar-refractivity contribution in [1.29, 1.82) is 0 Å². The van der Waals surface area contributed by atoms with Gasteiger partial charge in [-0.3, -0.25) is 4.79 Å². The molecule has 0 aliphatic carbocycles. The van der Waals surface area contributed by atoms with Gasteiger partial charge in [-0.05, 0) is 0 Å². The highest BCUT2D eigenvalue weighted by Crippen LogP contribution is 2.15. The Bertz CT molecular complexity index is 204. The molecule has 2 aliphatic rings. The third kappa shape index (κ3) is 2.72. The number of hydrogen-bond acceptors (Lipinski definition) is 4. The summed E-state index contributed by atoms with van der Waals surface area (Å²) in [4.78, 5) is 14.0. The van der Waals surface area contributed by atoms with E-state index in [1.165, 1.54) is 11.5 Å². The zero-order valence-electron chi connectivity index (χ0n) is 8.41. The van der Waals surface area contributed by atoms with Crippen LogP contribution in [0.1, 0.15) is 6.42 Å². The molecule has 3 nitrogen and oxygen atoms in total. The first-order valence-electron chi connectivity index (χ1n) is 5.27. The maximum Gasteiger partial charge on any atom is 0.141 e. The van der Waals surface area contributed by atoms with Crippen LogP contribution in [0.25, 0.3) is 0 Å². The molecule has 80 valence electrons. The molecular weight excluding hydrogens is 198 g/mol. The van der Waals surface area contributed by atoms with Crippen LogP contribution in [0.4, 0.5) is 0 Å². The number of hydrogen-bond donors (Lipinski definition) is 0. The summed E-state index contributed by atoms with van der Waals surface area (Å²) < 4.78 is 5.34. The van der Waals surface area contributed by atoms with Gasteiger partial charge in [0.15, 0.2) is 0 Å². The number of carbonyl (C=O) groups excluding carboxylic acids is 1. The van der Waals surface area contributed by atoms with E-state index in [1.54, 1.807) is 0 Å². The van der Waals surface area contributed by atoms with Crippen molar-refractivity contribution in [2.75, 3.05) is 44.4 Å². The Morgan fingerprint density at radius 1 is 1.43 bits per heavy atom. The number of carbonyl (C=O) groups is 1. The van der Waals surface area contributed by atoms with Crippen LogP contribution in [0.15, 0.2) is 0 Å². The van der Waals surface area contributed by atoms with Gasteiger partial charge >= 0.3 is 0 Å². The summed E-state index contributed by atoms with van der Waals surface area (Å²) in [5.41, 5.74) is 0. The molecule has 1 unspecified atom stereocenters. The Morgan fingerprint density at radius 3 is 2.93 bits per heavy atom. The standard InChI is InChI=1S/C10H17NO2S/c12-10-1-4-13-8-9(10)7-11-2-5-14-6-3-11/h9H,1-8H2. The molecule has 2 rings (SSSR count). The molecule has 2 saturated heterocycles. The summed E-state index contributed by atoms with van der Waals surface area (Å²) in [6.45, 7) is 4.45. The second kappa shape index (κ2) is 5.14. The highest BCUT2D eigenvalue weighted by atomic mass is 32.2. The first kappa shape index (κ1) is 10.5. The zero-order valence-corrected chi connectivity index (χ0v) is 9.22. The maximum absolute atomic E-state index is 11.6. The average molecular weight is 215 g/mol. The lowest BCUT2D eigenvalue weighted by Gasteiger charge is -2.31. The maximum atomic E-state index is 11.6. The third-order valence-electron chi connectivity index (χ3n) is 2.85. The fraction of sp³-hybridized carbons (Fsp3) is 0.900. The van der Waals surface area contributed by atoms with E-state index in [1.807, 2.05) is 11.8 Å². The summed E-state index contributed by atoms with van der Waals surface area (Å²) in [6, 6.07) is 0. The van der Waals surface area contributed by atoms with Gasteiger partial charge in [0.1, 0.15) is 5.78 Å². The predicted octanol–water partition coefficient (Wildman–Crippen LogP) is 0.641. The third-order valence-corrected chi connectivity index (χ3v) is 3.79. The predicted molar refractivity (Wildman–Crippen MR) is 57.7 cm³/mol. The van der Waals surface area contributed by atoms with Gasteiger partial charge in [0.2, 0.25) is 0 Å². The van der Waals surface area contributed by atoms with Crippen LogP contribution in [0.3, 0.4) is 0 Å². The molecule has 14 heavy (non-hydrogen) atoms. The summed E-state index contributed by atoms with van der Waals surface area (Å²) in [7, 11) is 0. The van der Waals surface area contributed by atoms with Crippen molar-refractivity contribution < 1.29 is 9.53 Å². The fourth-order valence-electron chi connectivity index (χ4n) is 1.95. The summed E-state index contributed by atoms with van der Waals surface area (Å²) in [5.74, 6) is 2.96. The number of Topliss-reactive ketones (excluding diaryl/α,β-unsaturated/α-hetero) is 1. The Hall–Kier alpha value is -0.0600. The fourth-order valence-corrected chi connectivity index (χ4v) is 2.92. The van der Waals surface area contributed by atoms with Crippen LogP contribution in [-0.4, -0.2) is 55.0 Å². The van der Waals surface area contributed by atoms with E-state index in [9.17, 15) is 4.79 Å². The number of ether oxygens (including phenoxy) is 1. The molecular formula is C10H17NO2S. The normalized spacial score (nSPS) is 30.6. The molecule has 0 saturated carbocycles. The highest BCUT2D eigenvalue weighted by Gasteiger charge is 2.25. The van der Waals surface area contributed by atoms with Gasteiger partial charge in [-0.15, -0.1) is 0 Å². The Labute approximate surface area is 89.2 Å². The molecule has 0 amide bonds. The topological polar surface area (TPSA) is 29.5 Å². The van der Waals surface area contributed by atoms with E-state index in [0.29, 0.717) is 25.4 Å². The van der Waals surface area contributed by atoms with Gasteiger partial charge in [0.05, 0.1) is 19.1 Å². The molecule has 0 radical (unpaired) electrons.